The van der Waals surface area contributed by atoms with E-state index in [0.29, 0.717) is 12.3 Å². The second-order valence-electron chi connectivity index (χ2n) is 11.0. The van der Waals surface area contributed by atoms with Gasteiger partial charge in [0.15, 0.2) is 6.61 Å². The fourth-order valence-electron chi connectivity index (χ4n) is 3.82. The molecular weight excluding hydrogens is 434 g/mol. The molecule has 0 aliphatic rings. The summed E-state index contributed by atoms with van der Waals surface area (Å²) in [7, 11) is 0. The van der Waals surface area contributed by atoms with Crippen LogP contribution in [0.15, 0.2) is 72.8 Å². The van der Waals surface area contributed by atoms with Crippen molar-refractivity contribution in [2.75, 3.05) is 18.5 Å². The molecule has 0 atom stereocenters. The number of hydrogen-bond acceptors (Lipinski definition) is 3. The molecular formula is C31H39NO3. The van der Waals surface area contributed by atoms with Crippen molar-refractivity contribution in [3.63, 3.8) is 0 Å². The number of rotatable bonds is 9. The maximum Gasteiger partial charge on any atom is 0.262 e. The Labute approximate surface area is 210 Å². The predicted octanol–water partition coefficient (Wildman–Crippen LogP) is 7.31. The molecule has 35 heavy (non-hydrogen) atoms. The molecule has 0 saturated carbocycles. The van der Waals surface area contributed by atoms with Crippen molar-refractivity contribution in [2.24, 2.45) is 0 Å². The van der Waals surface area contributed by atoms with Crippen LogP contribution in [-0.2, 0) is 22.0 Å². The van der Waals surface area contributed by atoms with E-state index in [1.165, 1.54) is 11.1 Å². The van der Waals surface area contributed by atoms with Crippen molar-refractivity contribution < 1.29 is 14.3 Å². The highest BCUT2D eigenvalue weighted by Crippen LogP contribution is 2.35. The van der Waals surface area contributed by atoms with E-state index in [1.807, 2.05) is 36.4 Å². The van der Waals surface area contributed by atoms with Gasteiger partial charge in [0.05, 0.1) is 6.61 Å². The summed E-state index contributed by atoms with van der Waals surface area (Å²) in [5.41, 5.74) is 4.30. The second-order valence-corrected chi connectivity index (χ2v) is 11.0. The first-order chi connectivity index (χ1) is 16.5. The summed E-state index contributed by atoms with van der Waals surface area (Å²) in [4.78, 5) is 12.6. The van der Waals surface area contributed by atoms with Crippen LogP contribution < -0.4 is 14.8 Å². The minimum absolute atomic E-state index is 0.0462. The van der Waals surface area contributed by atoms with Gasteiger partial charge in [0.2, 0.25) is 0 Å². The summed E-state index contributed by atoms with van der Waals surface area (Å²) in [6.07, 6.45) is 1.90. The highest BCUT2D eigenvalue weighted by Gasteiger charge is 2.23. The minimum Gasteiger partial charge on any atom is -0.494 e. The van der Waals surface area contributed by atoms with Crippen LogP contribution in [0.4, 0.5) is 5.69 Å². The van der Waals surface area contributed by atoms with Crippen LogP contribution in [-0.4, -0.2) is 19.1 Å². The van der Waals surface area contributed by atoms with Gasteiger partial charge >= 0.3 is 0 Å². The van der Waals surface area contributed by atoms with Crippen molar-refractivity contribution in [1.82, 2.24) is 0 Å². The van der Waals surface area contributed by atoms with Crippen LogP contribution in [0.1, 0.15) is 64.7 Å². The molecule has 1 N–H and O–H groups in total. The first kappa shape index (κ1) is 26.3. The monoisotopic (exact) mass is 473 g/mol. The molecule has 3 aromatic rings. The molecule has 0 spiro atoms. The first-order valence-electron chi connectivity index (χ1n) is 12.4. The molecule has 0 aromatic heterocycles. The summed E-state index contributed by atoms with van der Waals surface area (Å²) in [5, 5.41) is 2.92. The van der Waals surface area contributed by atoms with Crippen LogP contribution in [0.2, 0.25) is 0 Å². The fraction of sp³-hybridized carbons (Fsp3) is 0.387. The van der Waals surface area contributed by atoms with E-state index < -0.39 is 0 Å². The molecule has 1 amide bonds. The van der Waals surface area contributed by atoms with E-state index in [4.69, 9.17) is 9.47 Å². The molecule has 0 aliphatic carbocycles. The van der Waals surface area contributed by atoms with Crippen LogP contribution in [0.5, 0.6) is 11.5 Å². The lowest BCUT2D eigenvalue weighted by Gasteiger charge is -2.27. The number of hydrogen-bond donors (Lipinski definition) is 1. The summed E-state index contributed by atoms with van der Waals surface area (Å²) in [5.74, 6) is 1.28. The Kier molecular flexibility index (Phi) is 8.61. The molecule has 0 bridgehead atoms. The standard InChI is InChI=1S/C31H39NO3/c1-30(2,3)24-17-18-28(27(20-24)31(4,5)6)35-22-29(33)32-25-15-10-16-26(21-25)34-19-11-14-23-12-8-7-9-13-23/h7-10,12-13,15-18,20-21H,11,14,19,22H2,1-6H3,(H,32,33). The Morgan fingerprint density at radius 3 is 2.23 bits per heavy atom. The predicted molar refractivity (Wildman–Crippen MR) is 145 cm³/mol. The van der Waals surface area contributed by atoms with Gasteiger partial charge in [0.1, 0.15) is 11.5 Å². The van der Waals surface area contributed by atoms with Gasteiger partial charge in [0, 0.05) is 11.8 Å². The molecule has 0 heterocycles. The maximum absolute atomic E-state index is 12.6. The highest BCUT2D eigenvalue weighted by atomic mass is 16.5. The lowest BCUT2D eigenvalue weighted by Crippen LogP contribution is -2.22. The minimum atomic E-state index is -0.203. The van der Waals surface area contributed by atoms with Gasteiger partial charge in [-0.2, -0.15) is 0 Å². The molecule has 4 heteroatoms. The normalized spacial score (nSPS) is 11.7. The van der Waals surface area contributed by atoms with E-state index in [-0.39, 0.29) is 23.3 Å². The molecule has 0 fully saturated rings. The van der Waals surface area contributed by atoms with Crippen LogP contribution in [0.3, 0.4) is 0 Å². The van der Waals surface area contributed by atoms with Crippen molar-refractivity contribution in [1.29, 1.82) is 0 Å². The fourth-order valence-corrected chi connectivity index (χ4v) is 3.82. The van der Waals surface area contributed by atoms with E-state index >= 15 is 0 Å². The van der Waals surface area contributed by atoms with Crippen molar-refractivity contribution in [2.45, 2.75) is 65.2 Å². The molecule has 0 saturated heterocycles. The topological polar surface area (TPSA) is 47.6 Å². The molecule has 3 rings (SSSR count). The Morgan fingerprint density at radius 2 is 1.54 bits per heavy atom. The van der Waals surface area contributed by atoms with Crippen molar-refractivity contribution in [3.05, 3.63) is 89.5 Å². The number of carbonyl (C=O) groups excluding carboxylic acids is 1. The molecule has 3 aromatic carbocycles. The molecule has 186 valence electrons. The van der Waals surface area contributed by atoms with Gasteiger partial charge in [-0.05, 0) is 58.6 Å². The van der Waals surface area contributed by atoms with Crippen LogP contribution >= 0.6 is 0 Å². The number of carbonyl (C=O) groups is 1. The Hall–Kier alpha value is -3.27. The lowest BCUT2D eigenvalue weighted by molar-refractivity contribution is -0.118. The third-order valence-corrected chi connectivity index (χ3v) is 5.85. The van der Waals surface area contributed by atoms with Gasteiger partial charge in [-0.1, -0.05) is 90.1 Å². The molecule has 0 unspecified atom stereocenters. The third kappa shape index (κ3) is 8.17. The number of nitrogens with one attached hydrogen (secondary N) is 1. The van der Waals surface area contributed by atoms with E-state index in [0.717, 1.165) is 29.9 Å². The van der Waals surface area contributed by atoms with Crippen molar-refractivity contribution in [3.8, 4) is 11.5 Å². The Balaban J connectivity index is 1.54. The van der Waals surface area contributed by atoms with Crippen LogP contribution in [0.25, 0.3) is 0 Å². The van der Waals surface area contributed by atoms with Gasteiger partial charge in [-0.15, -0.1) is 0 Å². The zero-order valence-corrected chi connectivity index (χ0v) is 22.0. The number of aryl methyl sites for hydroxylation is 1. The van der Waals surface area contributed by atoms with Gasteiger partial charge in [-0.3, -0.25) is 4.79 Å². The summed E-state index contributed by atoms with van der Waals surface area (Å²) < 4.78 is 11.9. The van der Waals surface area contributed by atoms with E-state index in [9.17, 15) is 4.79 Å². The van der Waals surface area contributed by atoms with Gasteiger partial charge < -0.3 is 14.8 Å². The van der Waals surface area contributed by atoms with E-state index in [2.05, 4.69) is 83.3 Å². The van der Waals surface area contributed by atoms with Gasteiger partial charge in [-0.25, -0.2) is 0 Å². The number of ether oxygens (including phenoxy) is 2. The average molecular weight is 474 g/mol. The molecule has 0 radical (unpaired) electrons. The summed E-state index contributed by atoms with van der Waals surface area (Å²) >= 11 is 0. The third-order valence-electron chi connectivity index (χ3n) is 5.85. The molecule has 0 aliphatic heterocycles. The number of anilines is 1. The maximum atomic E-state index is 12.6. The molecule has 4 nitrogen and oxygen atoms in total. The SMILES string of the molecule is CC(C)(C)c1ccc(OCC(=O)Nc2cccc(OCCCc3ccccc3)c2)c(C(C)(C)C)c1. The Bertz CT molecular complexity index is 1110. The zero-order valence-electron chi connectivity index (χ0n) is 22.0. The van der Waals surface area contributed by atoms with Gasteiger partial charge in [0.25, 0.3) is 5.91 Å². The largest absolute Gasteiger partial charge is 0.494 e. The highest BCUT2D eigenvalue weighted by molar-refractivity contribution is 5.92. The van der Waals surface area contributed by atoms with Crippen molar-refractivity contribution >= 4 is 11.6 Å². The Morgan fingerprint density at radius 1 is 0.800 bits per heavy atom. The lowest BCUT2D eigenvalue weighted by atomic mass is 9.80. The average Bonchev–Trinajstić information content (AvgIpc) is 2.80. The zero-order chi connectivity index (χ0) is 25.5. The summed E-state index contributed by atoms with van der Waals surface area (Å²) in [6, 6.07) is 24.1. The smallest absolute Gasteiger partial charge is 0.262 e. The van der Waals surface area contributed by atoms with Crippen LogP contribution in [0, 0.1) is 0 Å². The number of amides is 1. The quantitative estimate of drug-likeness (QED) is 0.331. The summed E-state index contributed by atoms with van der Waals surface area (Å²) in [6.45, 7) is 13.6. The van der Waals surface area contributed by atoms with E-state index in [1.54, 1.807) is 0 Å². The number of benzene rings is 3. The second kappa shape index (κ2) is 11.4. The first-order valence-corrected chi connectivity index (χ1v) is 12.4.